The third-order valence-electron chi connectivity index (χ3n) is 5.42. The van der Waals surface area contributed by atoms with E-state index in [2.05, 4.69) is 17.2 Å². The standard InChI is InChI=1S/C23H29N3O3/c1-4-5-14-26-21(27)13-11-19(22(26)17-7-9-18(29-3)10-8-17)23(28)25-20-12-6-16(2)15-24-20/h6-10,12,15,19,22H,4-5,11,13-14H2,1-3H3,(H,24,25,28)/t19-,22-/m1/s1. The van der Waals surface area contributed by atoms with Crippen molar-refractivity contribution in [3.63, 3.8) is 0 Å². The molecule has 0 spiro atoms. The van der Waals surface area contributed by atoms with E-state index in [-0.39, 0.29) is 23.8 Å². The van der Waals surface area contributed by atoms with E-state index in [1.807, 2.05) is 42.2 Å². The molecule has 2 heterocycles. The number of aromatic nitrogens is 1. The highest BCUT2D eigenvalue weighted by Crippen LogP contribution is 2.38. The summed E-state index contributed by atoms with van der Waals surface area (Å²) in [4.78, 5) is 32.1. The van der Waals surface area contributed by atoms with Gasteiger partial charge in [-0.05, 0) is 49.1 Å². The highest BCUT2D eigenvalue weighted by molar-refractivity contribution is 5.94. The zero-order valence-electron chi connectivity index (χ0n) is 17.4. The third-order valence-corrected chi connectivity index (χ3v) is 5.42. The van der Waals surface area contributed by atoms with Crippen LogP contribution in [0.3, 0.4) is 0 Å². The van der Waals surface area contributed by atoms with Crippen molar-refractivity contribution >= 4 is 17.6 Å². The van der Waals surface area contributed by atoms with Gasteiger partial charge in [0.15, 0.2) is 0 Å². The van der Waals surface area contributed by atoms with Crippen LogP contribution in [0.5, 0.6) is 5.75 Å². The summed E-state index contributed by atoms with van der Waals surface area (Å²) in [5.41, 5.74) is 1.99. The minimum atomic E-state index is -0.332. The van der Waals surface area contributed by atoms with Crippen LogP contribution in [0.1, 0.15) is 49.8 Å². The fourth-order valence-corrected chi connectivity index (χ4v) is 3.79. The molecule has 1 aromatic heterocycles. The quantitative estimate of drug-likeness (QED) is 0.766. The van der Waals surface area contributed by atoms with Gasteiger partial charge in [-0.25, -0.2) is 4.98 Å². The molecule has 1 aromatic carbocycles. The molecular weight excluding hydrogens is 366 g/mol. The van der Waals surface area contributed by atoms with Gasteiger partial charge >= 0.3 is 0 Å². The van der Waals surface area contributed by atoms with E-state index in [4.69, 9.17) is 4.74 Å². The number of rotatable bonds is 7. The Labute approximate surface area is 172 Å². The molecule has 29 heavy (non-hydrogen) atoms. The maximum absolute atomic E-state index is 13.2. The number of hydrogen-bond donors (Lipinski definition) is 1. The number of benzene rings is 1. The van der Waals surface area contributed by atoms with Crippen LogP contribution in [0, 0.1) is 12.8 Å². The smallest absolute Gasteiger partial charge is 0.231 e. The largest absolute Gasteiger partial charge is 0.497 e. The Morgan fingerprint density at radius 2 is 2.00 bits per heavy atom. The molecule has 0 unspecified atom stereocenters. The summed E-state index contributed by atoms with van der Waals surface area (Å²) in [5.74, 6) is 0.959. The first-order valence-corrected chi connectivity index (χ1v) is 10.2. The fourth-order valence-electron chi connectivity index (χ4n) is 3.79. The van der Waals surface area contributed by atoms with Gasteiger partial charge < -0.3 is 15.0 Å². The van der Waals surface area contributed by atoms with Crippen LogP contribution >= 0.6 is 0 Å². The minimum Gasteiger partial charge on any atom is -0.497 e. The first kappa shape index (κ1) is 20.8. The SMILES string of the molecule is CCCCN1C(=O)CC[C@@H](C(=O)Nc2ccc(C)cn2)[C@H]1c1ccc(OC)cc1. The average molecular weight is 396 g/mol. The summed E-state index contributed by atoms with van der Waals surface area (Å²) in [7, 11) is 1.62. The van der Waals surface area contributed by atoms with E-state index in [1.54, 1.807) is 19.4 Å². The molecule has 6 heteroatoms. The number of amides is 2. The number of methoxy groups -OCH3 is 1. The molecule has 6 nitrogen and oxygen atoms in total. The number of hydrogen-bond acceptors (Lipinski definition) is 4. The lowest BCUT2D eigenvalue weighted by Gasteiger charge is -2.41. The monoisotopic (exact) mass is 395 g/mol. The molecule has 1 N–H and O–H groups in total. The molecule has 0 radical (unpaired) electrons. The Kier molecular flexibility index (Phi) is 6.86. The van der Waals surface area contributed by atoms with Crippen molar-refractivity contribution in [2.45, 2.75) is 45.6 Å². The van der Waals surface area contributed by atoms with E-state index in [0.717, 1.165) is 29.7 Å². The molecule has 1 saturated heterocycles. The summed E-state index contributed by atoms with van der Waals surface area (Å²) in [6.45, 7) is 4.71. The number of ether oxygens (including phenoxy) is 1. The van der Waals surface area contributed by atoms with Crippen LogP contribution in [0.2, 0.25) is 0 Å². The van der Waals surface area contributed by atoms with E-state index in [0.29, 0.717) is 25.2 Å². The number of nitrogens with zero attached hydrogens (tertiary/aromatic N) is 2. The molecule has 154 valence electrons. The van der Waals surface area contributed by atoms with Gasteiger partial charge in [-0.1, -0.05) is 31.5 Å². The van der Waals surface area contributed by atoms with Crippen molar-refractivity contribution in [2.75, 3.05) is 19.0 Å². The number of nitrogens with one attached hydrogen (secondary N) is 1. The summed E-state index contributed by atoms with van der Waals surface area (Å²) in [5, 5.41) is 2.94. The van der Waals surface area contributed by atoms with Crippen molar-refractivity contribution in [3.8, 4) is 5.75 Å². The van der Waals surface area contributed by atoms with Crippen molar-refractivity contribution < 1.29 is 14.3 Å². The van der Waals surface area contributed by atoms with Gasteiger partial charge in [0.05, 0.1) is 19.1 Å². The first-order chi connectivity index (χ1) is 14.0. The Balaban J connectivity index is 1.89. The summed E-state index contributed by atoms with van der Waals surface area (Å²) in [6.07, 6.45) is 4.54. The van der Waals surface area contributed by atoms with Crippen molar-refractivity contribution in [1.29, 1.82) is 0 Å². The number of carbonyl (C=O) groups is 2. The fraction of sp³-hybridized carbons (Fsp3) is 0.435. The van der Waals surface area contributed by atoms with E-state index < -0.39 is 0 Å². The van der Waals surface area contributed by atoms with Crippen LogP contribution in [0.4, 0.5) is 5.82 Å². The number of likely N-dealkylation sites (tertiary alicyclic amines) is 1. The molecule has 0 aliphatic carbocycles. The predicted octanol–water partition coefficient (Wildman–Crippen LogP) is 4.12. The van der Waals surface area contributed by atoms with Gasteiger partial charge in [0.25, 0.3) is 0 Å². The summed E-state index contributed by atoms with van der Waals surface area (Å²) >= 11 is 0. The van der Waals surface area contributed by atoms with Crippen LogP contribution in [0.25, 0.3) is 0 Å². The Morgan fingerprint density at radius 1 is 1.24 bits per heavy atom. The normalized spacial score (nSPS) is 19.1. The first-order valence-electron chi connectivity index (χ1n) is 10.2. The van der Waals surface area contributed by atoms with Crippen LogP contribution in [-0.4, -0.2) is 35.4 Å². The van der Waals surface area contributed by atoms with Gasteiger partial charge in [-0.3, -0.25) is 9.59 Å². The van der Waals surface area contributed by atoms with Crippen LogP contribution < -0.4 is 10.1 Å². The number of piperidine rings is 1. The number of aryl methyl sites for hydroxylation is 1. The second kappa shape index (κ2) is 9.54. The second-order valence-electron chi connectivity index (χ2n) is 7.51. The Hall–Kier alpha value is -2.89. The maximum atomic E-state index is 13.2. The lowest BCUT2D eigenvalue weighted by Crippen LogP contribution is -2.47. The van der Waals surface area contributed by atoms with Gasteiger partial charge in [-0.2, -0.15) is 0 Å². The molecule has 1 fully saturated rings. The van der Waals surface area contributed by atoms with Crippen molar-refractivity contribution in [1.82, 2.24) is 9.88 Å². The lowest BCUT2D eigenvalue weighted by atomic mass is 9.83. The second-order valence-corrected chi connectivity index (χ2v) is 7.51. The third kappa shape index (κ3) is 4.94. The minimum absolute atomic E-state index is 0.101. The van der Waals surface area contributed by atoms with E-state index in [1.165, 1.54) is 0 Å². The zero-order chi connectivity index (χ0) is 20.8. The predicted molar refractivity (Wildman–Crippen MR) is 113 cm³/mol. The van der Waals surface area contributed by atoms with E-state index in [9.17, 15) is 9.59 Å². The van der Waals surface area contributed by atoms with Gasteiger partial charge in [0.2, 0.25) is 11.8 Å². The molecule has 1 aliphatic heterocycles. The molecule has 1 aliphatic rings. The van der Waals surface area contributed by atoms with Crippen LogP contribution in [-0.2, 0) is 9.59 Å². The number of unbranched alkanes of at least 4 members (excludes halogenated alkanes) is 1. The molecule has 2 amide bonds. The van der Waals surface area contributed by atoms with Gasteiger partial charge in [0.1, 0.15) is 11.6 Å². The Bertz CT molecular complexity index is 833. The lowest BCUT2D eigenvalue weighted by molar-refractivity contribution is -0.142. The highest BCUT2D eigenvalue weighted by Gasteiger charge is 2.40. The number of carbonyl (C=O) groups excluding carboxylic acids is 2. The molecule has 2 aromatic rings. The van der Waals surface area contributed by atoms with Crippen molar-refractivity contribution in [2.24, 2.45) is 5.92 Å². The van der Waals surface area contributed by atoms with Crippen molar-refractivity contribution in [3.05, 3.63) is 53.7 Å². The van der Waals surface area contributed by atoms with Crippen LogP contribution in [0.15, 0.2) is 42.6 Å². The summed E-state index contributed by atoms with van der Waals surface area (Å²) < 4.78 is 5.26. The zero-order valence-corrected chi connectivity index (χ0v) is 17.4. The maximum Gasteiger partial charge on any atom is 0.231 e. The van der Waals surface area contributed by atoms with E-state index >= 15 is 0 Å². The molecule has 0 saturated carbocycles. The molecule has 2 atom stereocenters. The molecular formula is C23H29N3O3. The Morgan fingerprint density at radius 3 is 2.62 bits per heavy atom. The number of pyridine rings is 1. The highest BCUT2D eigenvalue weighted by atomic mass is 16.5. The number of anilines is 1. The van der Waals surface area contributed by atoms with Gasteiger partial charge in [-0.15, -0.1) is 0 Å². The summed E-state index contributed by atoms with van der Waals surface area (Å²) in [6, 6.07) is 11.1. The topological polar surface area (TPSA) is 71.5 Å². The molecule has 3 rings (SSSR count). The average Bonchev–Trinajstić information content (AvgIpc) is 2.74. The van der Waals surface area contributed by atoms with Gasteiger partial charge in [0, 0.05) is 19.2 Å². The molecule has 0 bridgehead atoms.